The van der Waals surface area contributed by atoms with Gasteiger partial charge in [0.1, 0.15) is 20.3 Å². The number of allylic oxidation sites excluding steroid dienone is 2. The molecule has 0 aromatic rings. The van der Waals surface area contributed by atoms with Crippen LogP contribution in [0.2, 0.25) is 0 Å². The Hall–Kier alpha value is -1.17. The first-order chi connectivity index (χ1) is 22.3. The molecule has 8 heteroatoms. The molecular formula is C38H72O7P-. The predicted octanol–water partition coefficient (Wildman–Crippen LogP) is 10.9. The number of esters is 2. The highest BCUT2D eigenvalue weighted by Gasteiger charge is 2.19. The van der Waals surface area contributed by atoms with E-state index in [1.165, 1.54) is 109 Å². The molecule has 0 bridgehead atoms. The minimum absolute atomic E-state index is 0.0958. The summed E-state index contributed by atoms with van der Waals surface area (Å²) in [5.74, 6) is -0.787. The zero-order chi connectivity index (χ0) is 34.0. The van der Waals surface area contributed by atoms with Gasteiger partial charge in [-0.1, -0.05) is 154 Å². The molecule has 1 unspecified atom stereocenters. The summed E-state index contributed by atoms with van der Waals surface area (Å²) in [6.07, 6.45) is 34.9. The van der Waals surface area contributed by atoms with Crippen molar-refractivity contribution in [3.8, 4) is 0 Å². The van der Waals surface area contributed by atoms with Crippen LogP contribution in [0.5, 0.6) is 0 Å². The van der Waals surface area contributed by atoms with Crippen molar-refractivity contribution in [2.75, 3.05) is 12.8 Å². The van der Waals surface area contributed by atoms with Crippen LogP contribution in [-0.2, 0) is 23.6 Å². The molecule has 7 nitrogen and oxygen atoms in total. The second-order valence-corrected chi connectivity index (χ2v) is 15.0. The number of ether oxygens (including phenoxy) is 2. The van der Waals surface area contributed by atoms with Gasteiger partial charge in [0, 0.05) is 19.0 Å². The lowest BCUT2D eigenvalue weighted by Gasteiger charge is -2.21. The predicted molar refractivity (Wildman–Crippen MR) is 190 cm³/mol. The summed E-state index contributed by atoms with van der Waals surface area (Å²) in [5.41, 5.74) is 0. The van der Waals surface area contributed by atoms with Gasteiger partial charge >= 0.3 is 11.9 Å². The second kappa shape index (κ2) is 33.7. The van der Waals surface area contributed by atoms with Gasteiger partial charge in [0.25, 0.3) is 0 Å². The van der Waals surface area contributed by atoms with Crippen LogP contribution >= 0.6 is 7.60 Å². The number of hydrogen-bond acceptors (Lipinski definition) is 6. The summed E-state index contributed by atoms with van der Waals surface area (Å²) >= 11 is 0. The third kappa shape index (κ3) is 35.7. The number of rotatable bonds is 35. The van der Waals surface area contributed by atoms with E-state index < -0.39 is 25.8 Å². The van der Waals surface area contributed by atoms with Gasteiger partial charge in [-0.3, -0.25) is 9.59 Å². The van der Waals surface area contributed by atoms with Gasteiger partial charge in [0.05, 0.1) is 0 Å². The molecular weight excluding hydrogens is 599 g/mol. The fourth-order valence-electron chi connectivity index (χ4n) is 5.61. The van der Waals surface area contributed by atoms with Crippen molar-refractivity contribution in [2.45, 2.75) is 206 Å². The van der Waals surface area contributed by atoms with Crippen LogP contribution in [0.25, 0.3) is 0 Å². The van der Waals surface area contributed by atoms with Crippen molar-refractivity contribution in [3.05, 3.63) is 12.2 Å². The molecule has 0 spiro atoms. The molecule has 272 valence electrons. The van der Waals surface area contributed by atoms with Gasteiger partial charge in [0.2, 0.25) is 0 Å². The average molecular weight is 672 g/mol. The first-order valence-corrected chi connectivity index (χ1v) is 21.1. The molecule has 46 heavy (non-hydrogen) atoms. The van der Waals surface area contributed by atoms with E-state index in [0.29, 0.717) is 12.8 Å². The fourth-order valence-corrected chi connectivity index (χ4v) is 6.23. The highest BCUT2D eigenvalue weighted by molar-refractivity contribution is 7.50. The van der Waals surface area contributed by atoms with Crippen molar-refractivity contribution in [1.29, 1.82) is 0 Å². The van der Waals surface area contributed by atoms with Gasteiger partial charge in [0.15, 0.2) is 0 Å². The maximum absolute atomic E-state index is 12.4. The molecule has 0 aliphatic heterocycles. The zero-order valence-electron chi connectivity index (χ0n) is 30.0. The SMILES string of the molecule is CCCCCCCC/C=C\CCCCCCCC(=O)O[C@@H](CCP(=O)([O-])O)COC(=O)CCCCCCCCCCCCCCC. The lowest BCUT2D eigenvalue weighted by Crippen LogP contribution is -2.27. The molecule has 0 amide bonds. The number of hydrogen-bond donors (Lipinski definition) is 1. The van der Waals surface area contributed by atoms with E-state index in [0.717, 1.165) is 51.4 Å². The molecule has 0 aliphatic carbocycles. The molecule has 0 heterocycles. The Morgan fingerprint density at radius 3 is 1.39 bits per heavy atom. The maximum Gasteiger partial charge on any atom is 0.306 e. The Bertz CT molecular complexity index is 764. The molecule has 0 aromatic heterocycles. The lowest BCUT2D eigenvalue weighted by atomic mass is 10.0. The van der Waals surface area contributed by atoms with E-state index in [4.69, 9.17) is 14.4 Å². The van der Waals surface area contributed by atoms with Crippen molar-refractivity contribution < 1.29 is 33.4 Å². The highest BCUT2D eigenvalue weighted by Crippen LogP contribution is 2.30. The van der Waals surface area contributed by atoms with E-state index >= 15 is 0 Å². The molecule has 0 saturated heterocycles. The fraction of sp³-hybridized carbons (Fsp3) is 0.895. The minimum atomic E-state index is -4.49. The van der Waals surface area contributed by atoms with Crippen molar-refractivity contribution in [3.63, 3.8) is 0 Å². The number of carbonyl (C=O) groups is 2. The van der Waals surface area contributed by atoms with Crippen LogP contribution in [0, 0.1) is 0 Å². The lowest BCUT2D eigenvalue weighted by molar-refractivity contribution is -0.194. The first kappa shape index (κ1) is 44.8. The van der Waals surface area contributed by atoms with Gasteiger partial charge in [-0.25, -0.2) is 0 Å². The molecule has 0 aliphatic rings. The molecule has 0 radical (unpaired) electrons. The van der Waals surface area contributed by atoms with Crippen LogP contribution in [0.1, 0.15) is 200 Å². The zero-order valence-corrected chi connectivity index (χ0v) is 30.9. The van der Waals surface area contributed by atoms with E-state index in [2.05, 4.69) is 26.0 Å². The Morgan fingerprint density at radius 2 is 0.978 bits per heavy atom. The Morgan fingerprint density at radius 1 is 0.609 bits per heavy atom. The van der Waals surface area contributed by atoms with Crippen LogP contribution in [-0.4, -0.2) is 35.7 Å². The van der Waals surface area contributed by atoms with Crippen LogP contribution in [0.4, 0.5) is 0 Å². The molecule has 0 rings (SSSR count). The second-order valence-electron chi connectivity index (χ2n) is 13.3. The topological polar surface area (TPSA) is 113 Å². The van der Waals surface area contributed by atoms with Gasteiger partial charge in [-0.2, -0.15) is 0 Å². The van der Waals surface area contributed by atoms with E-state index in [1.54, 1.807) is 0 Å². The van der Waals surface area contributed by atoms with Crippen molar-refractivity contribution in [1.82, 2.24) is 0 Å². The van der Waals surface area contributed by atoms with Crippen LogP contribution in [0.15, 0.2) is 12.2 Å². The number of carbonyl (C=O) groups excluding carboxylic acids is 2. The normalized spacial score (nSPS) is 13.6. The molecule has 0 saturated carbocycles. The third-order valence-electron chi connectivity index (χ3n) is 8.59. The Kier molecular flexibility index (Phi) is 32.9. The van der Waals surface area contributed by atoms with Crippen LogP contribution < -0.4 is 4.89 Å². The monoisotopic (exact) mass is 672 g/mol. The largest absolute Gasteiger partial charge is 0.779 e. The molecule has 1 N–H and O–H groups in total. The van der Waals surface area contributed by atoms with E-state index in [-0.39, 0.29) is 25.4 Å². The summed E-state index contributed by atoms with van der Waals surface area (Å²) in [6, 6.07) is 0. The van der Waals surface area contributed by atoms with Crippen molar-refractivity contribution in [2.24, 2.45) is 0 Å². The third-order valence-corrected chi connectivity index (χ3v) is 9.41. The highest BCUT2D eigenvalue weighted by atomic mass is 31.2. The molecule has 0 fully saturated rings. The maximum atomic E-state index is 12.4. The first-order valence-electron chi connectivity index (χ1n) is 19.3. The summed E-state index contributed by atoms with van der Waals surface area (Å²) in [6.45, 7) is 4.31. The molecule has 2 atom stereocenters. The van der Waals surface area contributed by atoms with Gasteiger partial charge in [-0.15, -0.1) is 0 Å². The van der Waals surface area contributed by atoms with E-state index in [1.807, 2.05) is 0 Å². The quantitative estimate of drug-likeness (QED) is 0.0309. The van der Waals surface area contributed by atoms with Crippen molar-refractivity contribution >= 4 is 19.5 Å². The summed E-state index contributed by atoms with van der Waals surface area (Å²) in [5, 5.41) is 0. The Balaban J connectivity index is 3.96. The molecule has 0 aromatic carbocycles. The average Bonchev–Trinajstić information content (AvgIpc) is 3.02. The van der Waals surface area contributed by atoms with Gasteiger partial charge < -0.3 is 23.8 Å². The summed E-state index contributed by atoms with van der Waals surface area (Å²) < 4.78 is 22.0. The van der Waals surface area contributed by atoms with Crippen LogP contribution in [0.3, 0.4) is 0 Å². The summed E-state index contributed by atoms with van der Waals surface area (Å²) in [7, 11) is -4.49. The van der Waals surface area contributed by atoms with Gasteiger partial charge in [-0.05, 0) is 44.9 Å². The smallest absolute Gasteiger partial charge is 0.306 e. The Labute approximate surface area is 283 Å². The summed E-state index contributed by atoms with van der Waals surface area (Å²) in [4.78, 5) is 45.0. The van der Waals surface area contributed by atoms with E-state index in [9.17, 15) is 19.0 Å². The number of unbranched alkanes of at least 4 members (excludes halogenated alkanes) is 23. The standard InChI is InChI=1S/C38H73O7P/c1-3-5-7-9-11-13-15-17-18-20-22-24-26-28-30-32-38(40)45-36(33-34-46(41,42)43)35-44-37(39)31-29-27-25-23-21-19-16-14-12-10-8-6-4-2/h17-18,36H,3-16,19-35H2,1-2H3,(H2,41,42,43)/p-1/b18-17-/t36-/m0/s1. The minimum Gasteiger partial charge on any atom is -0.779 e.